The van der Waals surface area contributed by atoms with Gasteiger partial charge in [-0.3, -0.25) is 0 Å². The minimum Gasteiger partial charge on any atom is -0.497 e. The summed E-state index contributed by atoms with van der Waals surface area (Å²) in [6.07, 6.45) is 1.89. The van der Waals surface area contributed by atoms with Crippen molar-refractivity contribution >= 4 is 0 Å². The molecule has 1 aromatic heterocycles. The highest BCUT2D eigenvalue weighted by Gasteiger charge is 2.18. The molecule has 0 bridgehead atoms. The number of rotatable bonds is 6. The van der Waals surface area contributed by atoms with Crippen LogP contribution >= 0.6 is 0 Å². The van der Waals surface area contributed by atoms with Gasteiger partial charge in [0, 0.05) is 0 Å². The summed E-state index contributed by atoms with van der Waals surface area (Å²) in [7, 11) is 3.62. The topological polar surface area (TPSA) is 52.0 Å². The number of aromatic nitrogens is 3. The molecule has 1 heterocycles. The van der Waals surface area contributed by atoms with Crippen molar-refractivity contribution in [2.75, 3.05) is 14.2 Å². The third-order valence-corrected chi connectivity index (χ3v) is 3.53. The van der Waals surface area contributed by atoms with Crippen LogP contribution in [0.1, 0.15) is 37.7 Å². The summed E-state index contributed by atoms with van der Waals surface area (Å²) in [6.45, 7) is 4.28. The van der Waals surface area contributed by atoms with Crippen LogP contribution in [0.5, 0.6) is 5.75 Å². The maximum absolute atomic E-state index is 5.18. The third-order valence-electron chi connectivity index (χ3n) is 3.53. The van der Waals surface area contributed by atoms with E-state index in [2.05, 4.69) is 29.5 Å². The number of methoxy groups -OCH3 is 1. The van der Waals surface area contributed by atoms with Gasteiger partial charge in [-0.15, -0.1) is 5.10 Å². The van der Waals surface area contributed by atoms with E-state index in [1.807, 2.05) is 36.0 Å². The van der Waals surface area contributed by atoms with E-state index in [0.717, 1.165) is 35.7 Å². The van der Waals surface area contributed by atoms with Crippen molar-refractivity contribution in [2.24, 2.45) is 0 Å². The van der Waals surface area contributed by atoms with Crippen LogP contribution in [0.2, 0.25) is 0 Å². The molecular formula is C15H22N4O. The van der Waals surface area contributed by atoms with Crippen LogP contribution in [0, 0.1) is 0 Å². The van der Waals surface area contributed by atoms with Gasteiger partial charge < -0.3 is 10.1 Å². The molecule has 2 aromatic rings. The first-order valence-electron chi connectivity index (χ1n) is 7.01. The van der Waals surface area contributed by atoms with Crippen LogP contribution in [0.3, 0.4) is 0 Å². The van der Waals surface area contributed by atoms with E-state index in [0.29, 0.717) is 0 Å². The standard InChI is InChI=1S/C15H22N4O/c1-5-13(16-3)15-14(6-2)19(18-17-15)11-7-9-12(20-4)10-8-11/h7-10,13,16H,5-6H2,1-4H3. The number of ether oxygens (including phenoxy) is 1. The van der Waals surface area contributed by atoms with Gasteiger partial charge in [0.2, 0.25) is 0 Å². The van der Waals surface area contributed by atoms with Crippen LogP contribution in [0.25, 0.3) is 5.69 Å². The van der Waals surface area contributed by atoms with Gasteiger partial charge >= 0.3 is 0 Å². The van der Waals surface area contributed by atoms with Crippen molar-refractivity contribution in [3.8, 4) is 11.4 Å². The van der Waals surface area contributed by atoms with Gasteiger partial charge in [-0.2, -0.15) is 0 Å². The normalized spacial score (nSPS) is 12.4. The summed E-state index contributed by atoms with van der Waals surface area (Å²) in [6, 6.07) is 8.11. The predicted octanol–water partition coefficient (Wildman–Crippen LogP) is 2.51. The molecule has 0 radical (unpaired) electrons. The molecule has 108 valence electrons. The smallest absolute Gasteiger partial charge is 0.119 e. The SMILES string of the molecule is CCc1c(C(CC)NC)nnn1-c1ccc(OC)cc1. The van der Waals surface area contributed by atoms with Gasteiger partial charge in [-0.05, 0) is 44.2 Å². The lowest BCUT2D eigenvalue weighted by molar-refractivity contribution is 0.414. The lowest BCUT2D eigenvalue weighted by atomic mass is 10.1. The zero-order valence-electron chi connectivity index (χ0n) is 12.6. The van der Waals surface area contributed by atoms with Gasteiger partial charge in [0.25, 0.3) is 0 Å². The second-order valence-corrected chi connectivity index (χ2v) is 4.63. The molecule has 0 amide bonds. The molecule has 0 aliphatic rings. The lowest BCUT2D eigenvalue weighted by Crippen LogP contribution is -2.17. The second-order valence-electron chi connectivity index (χ2n) is 4.63. The van der Waals surface area contributed by atoms with Crippen LogP contribution in [0.15, 0.2) is 24.3 Å². The van der Waals surface area contributed by atoms with Crippen molar-refractivity contribution in [2.45, 2.75) is 32.7 Å². The van der Waals surface area contributed by atoms with E-state index < -0.39 is 0 Å². The average molecular weight is 274 g/mol. The van der Waals surface area contributed by atoms with Crippen molar-refractivity contribution in [3.63, 3.8) is 0 Å². The molecule has 1 N–H and O–H groups in total. The van der Waals surface area contributed by atoms with E-state index in [1.54, 1.807) is 7.11 Å². The van der Waals surface area contributed by atoms with E-state index in [9.17, 15) is 0 Å². The van der Waals surface area contributed by atoms with Crippen LogP contribution in [-0.4, -0.2) is 29.2 Å². The largest absolute Gasteiger partial charge is 0.497 e. The first-order valence-corrected chi connectivity index (χ1v) is 7.01. The Balaban J connectivity index is 2.41. The molecule has 0 aliphatic carbocycles. The summed E-state index contributed by atoms with van der Waals surface area (Å²) < 4.78 is 7.10. The molecule has 20 heavy (non-hydrogen) atoms. The third kappa shape index (κ3) is 2.67. The molecule has 0 saturated carbocycles. The Morgan fingerprint density at radius 2 is 1.95 bits per heavy atom. The Bertz CT molecular complexity index is 544. The van der Waals surface area contributed by atoms with Crippen LogP contribution < -0.4 is 10.1 Å². The molecule has 1 unspecified atom stereocenters. The van der Waals surface area contributed by atoms with E-state index in [4.69, 9.17) is 4.74 Å². The Morgan fingerprint density at radius 3 is 2.45 bits per heavy atom. The highest BCUT2D eigenvalue weighted by atomic mass is 16.5. The zero-order chi connectivity index (χ0) is 14.5. The van der Waals surface area contributed by atoms with Gasteiger partial charge in [-0.1, -0.05) is 19.1 Å². The fourth-order valence-corrected chi connectivity index (χ4v) is 2.38. The van der Waals surface area contributed by atoms with E-state index in [-0.39, 0.29) is 6.04 Å². The second kappa shape index (κ2) is 6.52. The lowest BCUT2D eigenvalue weighted by Gasteiger charge is -2.13. The summed E-state index contributed by atoms with van der Waals surface area (Å²) in [5.41, 5.74) is 3.19. The maximum atomic E-state index is 5.18. The molecule has 5 nitrogen and oxygen atoms in total. The molecule has 1 atom stereocenters. The molecule has 5 heteroatoms. The Morgan fingerprint density at radius 1 is 1.25 bits per heavy atom. The molecule has 2 rings (SSSR count). The molecule has 0 saturated heterocycles. The fourth-order valence-electron chi connectivity index (χ4n) is 2.38. The van der Waals surface area contributed by atoms with Gasteiger partial charge in [0.1, 0.15) is 11.4 Å². The van der Waals surface area contributed by atoms with Crippen molar-refractivity contribution in [1.82, 2.24) is 20.3 Å². The predicted molar refractivity (Wildman–Crippen MR) is 79.4 cm³/mol. The highest BCUT2D eigenvalue weighted by Crippen LogP contribution is 2.22. The number of hydrogen-bond acceptors (Lipinski definition) is 4. The van der Waals surface area contributed by atoms with E-state index >= 15 is 0 Å². The van der Waals surface area contributed by atoms with Crippen LogP contribution in [0.4, 0.5) is 0 Å². The van der Waals surface area contributed by atoms with Crippen molar-refractivity contribution in [1.29, 1.82) is 0 Å². The molecular weight excluding hydrogens is 252 g/mol. The van der Waals surface area contributed by atoms with E-state index in [1.165, 1.54) is 0 Å². The Kier molecular flexibility index (Phi) is 4.74. The molecule has 0 spiro atoms. The number of benzene rings is 1. The Hall–Kier alpha value is -1.88. The summed E-state index contributed by atoms with van der Waals surface area (Å²) in [4.78, 5) is 0. The number of nitrogens with zero attached hydrogens (tertiary/aromatic N) is 3. The van der Waals surface area contributed by atoms with Gasteiger partial charge in [0.05, 0.1) is 24.5 Å². The molecule has 0 fully saturated rings. The van der Waals surface area contributed by atoms with Gasteiger partial charge in [0.15, 0.2) is 0 Å². The highest BCUT2D eigenvalue weighted by molar-refractivity contribution is 5.38. The first kappa shape index (κ1) is 14.5. The fraction of sp³-hybridized carbons (Fsp3) is 0.467. The minimum atomic E-state index is 0.247. The molecule has 0 aliphatic heterocycles. The quantitative estimate of drug-likeness (QED) is 0.879. The monoisotopic (exact) mass is 274 g/mol. The maximum Gasteiger partial charge on any atom is 0.119 e. The van der Waals surface area contributed by atoms with Crippen LogP contribution in [-0.2, 0) is 6.42 Å². The van der Waals surface area contributed by atoms with Crippen molar-refractivity contribution < 1.29 is 4.74 Å². The molecule has 1 aromatic carbocycles. The van der Waals surface area contributed by atoms with Crippen molar-refractivity contribution in [3.05, 3.63) is 35.7 Å². The Labute approximate surface area is 120 Å². The summed E-state index contributed by atoms with van der Waals surface area (Å²) in [5.74, 6) is 0.841. The number of hydrogen-bond donors (Lipinski definition) is 1. The summed E-state index contributed by atoms with van der Waals surface area (Å²) >= 11 is 0. The summed E-state index contributed by atoms with van der Waals surface area (Å²) in [5, 5.41) is 12.0. The average Bonchev–Trinajstić information content (AvgIpc) is 2.92. The first-order chi connectivity index (χ1) is 9.74. The zero-order valence-corrected chi connectivity index (χ0v) is 12.6. The number of nitrogens with one attached hydrogen (secondary N) is 1. The van der Waals surface area contributed by atoms with Gasteiger partial charge in [-0.25, -0.2) is 4.68 Å². The minimum absolute atomic E-state index is 0.247.